The van der Waals surface area contributed by atoms with Crippen molar-refractivity contribution in [3.63, 3.8) is 0 Å². The summed E-state index contributed by atoms with van der Waals surface area (Å²) in [6.07, 6.45) is 4.77. The number of carbonyl (C=O) groups is 1. The summed E-state index contributed by atoms with van der Waals surface area (Å²) in [7, 11) is 0. The van der Waals surface area contributed by atoms with Crippen molar-refractivity contribution in [1.82, 2.24) is 10.2 Å². The van der Waals surface area contributed by atoms with Crippen molar-refractivity contribution >= 4 is 6.29 Å². The highest BCUT2D eigenvalue weighted by atomic mass is 16.1. The van der Waals surface area contributed by atoms with Crippen molar-refractivity contribution in [2.24, 2.45) is 0 Å². The molecule has 1 saturated heterocycles. The Kier molecular flexibility index (Phi) is 4.25. The molecule has 0 spiro atoms. The minimum Gasteiger partial charge on any atom is -0.302 e. The van der Waals surface area contributed by atoms with Gasteiger partial charge in [0.15, 0.2) is 0 Å². The number of unbranched alkanes of at least 4 members (excludes halogenated alkanes) is 2. The van der Waals surface area contributed by atoms with Crippen LogP contribution in [-0.2, 0) is 4.79 Å². The second-order valence-electron chi connectivity index (χ2n) is 3.34. The second-order valence-corrected chi connectivity index (χ2v) is 3.34. The highest BCUT2D eigenvalue weighted by Gasteiger charge is 2.22. The Hall–Kier alpha value is -0.410. The number of nitrogens with one attached hydrogen (secondary N) is 1. The maximum absolute atomic E-state index is 10.6. The molecule has 1 atom stereocenters. The average Bonchev–Trinajstić information content (AvgIpc) is 2.52. The van der Waals surface area contributed by atoms with Gasteiger partial charge >= 0.3 is 0 Å². The zero-order valence-corrected chi connectivity index (χ0v) is 7.75. The first kappa shape index (κ1) is 9.68. The van der Waals surface area contributed by atoms with Gasteiger partial charge in [-0.1, -0.05) is 19.8 Å². The Morgan fingerprint density at radius 3 is 3.08 bits per heavy atom. The molecule has 1 unspecified atom stereocenters. The Morgan fingerprint density at radius 2 is 2.42 bits per heavy atom. The van der Waals surface area contributed by atoms with Crippen LogP contribution in [0.3, 0.4) is 0 Å². The fourth-order valence-electron chi connectivity index (χ4n) is 1.55. The predicted molar refractivity (Wildman–Crippen MR) is 49.0 cm³/mol. The van der Waals surface area contributed by atoms with E-state index in [1.165, 1.54) is 19.3 Å². The predicted octanol–water partition coefficient (Wildman–Crippen LogP) is 0.607. The third-order valence-corrected chi connectivity index (χ3v) is 2.34. The minimum atomic E-state index is 0.127. The summed E-state index contributed by atoms with van der Waals surface area (Å²) in [6, 6.07) is 0.127. The second kappa shape index (κ2) is 5.27. The van der Waals surface area contributed by atoms with Crippen molar-refractivity contribution < 1.29 is 4.79 Å². The first-order valence-corrected chi connectivity index (χ1v) is 4.78. The molecule has 0 amide bonds. The van der Waals surface area contributed by atoms with Crippen LogP contribution in [0, 0.1) is 0 Å². The van der Waals surface area contributed by atoms with Crippen LogP contribution < -0.4 is 5.32 Å². The monoisotopic (exact) mass is 170 g/mol. The molecule has 0 bridgehead atoms. The molecule has 0 aromatic heterocycles. The molecule has 70 valence electrons. The first-order valence-electron chi connectivity index (χ1n) is 4.78. The molecular formula is C9H18N2O. The molecule has 3 heteroatoms. The van der Waals surface area contributed by atoms with Crippen LogP contribution in [0.4, 0.5) is 0 Å². The van der Waals surface area contributed by atoms with Gasteiger partial charge in [-0.2, -0.15) is 0 Å². The van der Waals surface area contributed by atoms with Crippen LogP contribution in [0.1, 0.15) is 26.2 Å². The molecule has 12 heavy (non-hydrogen) atoms. The van der Waals surface area contributed by atoms with Crippen molar-refractivity contribution in [1.29, 1.82) is 0 Å². The molecule has 1 heterocycles. The number of nitrogens with zero attached hydrogens (tertiary/aromatic N) is 1. The van der Waals surface area contributed by atoms with Gasteiger partial charge in [-0.25, -0.2) is 0 Å². The van der Waals surface area contributed by atoms with E-state index in [1.807, 2.05) is 0 Å². The molecule has 3 nitrogen and oxygen atoms in total. The van der Waals surface area contributed by atoms with E-state index in [2.05, 4.69) is 17.1 Å². The van der Waals surface area contributed by atoms with Gasteiger partial charge in [0.1, 0.15) is 6.29 Å². The van der Waals surface area contributed by atoms with Crippen molar-refractivity contribution in [3.8, 4) is 0 Å². The first-order chi connectivity index (χ1) is 5.88. The Labute approximate surface area is 74.1 Å². The van der Waals surface area contributed by atoms with Gasteiger partial charge < -0.3 is 10.1 Å². The Morgan fingerprint density at radius 1 is 1.58 bits per heavy atom. The minimum absolute atomic E-state index is 0.127. The Balaban J connectivity index is 2.17. The van der Waals surface area contributed by atoms with E-state index in [0.717, 1.165) is 26.0 Å². The number of aldehydes is 1. The fraction of sp³-hybridized carbons (Fsp3) is 0.889. The van der Waals surface area contributed by atoms with E-state index in [0.29, 0.717) is 0 Å². The molecule has 0 saturated carbocycles. The van der Waals surface area contributed by atoms with Crippen molar-refractivity contribution in [2.45, 2.75) is 32.2 Å². The van der Waals surface area contributed by atoms with Crippen LogP contribution in [0.5, 0.6) is 0 Å². The van der Waals surface area contributed by atoms with E-state index in [1.54, 1.807) is 0 Å². The third kappa shape index (κ3) is 2.57. The maximum Gasteiger partial charge on any atom is 0.138 e. The summed E-state index contributed by atoms with van der Waals surface area (Å²) in [4.78, 5) is 12.8. The van der Waals surface area contributed by atoms with Gasteiger partial charge in [-0.05, 0) is 6.42 Å². The SMILES string of the molecule is CCCCCN1CNCC1C=O. The van der Waals surface area contributed by atoms with Gasteiger partial charge in [-0.3, -0.25) is 4.90 Å². The largest absolute Gasteiger partial charge is 0.302 e. The molecule has 1 aliphatic heterocycles. The summed E-state index contributed by atoms with van der Waals surface area (Å²) in [6.45, 7) is 4.96. The van der Waals surface area contributed by atoms with E-state index in [-0.39, 0.29) is 6.04 Å². The lowest BCUT2D eigenvalue weighted by Gasteiger charge is -2.17. The molecule has 1 N–H and O–H groups in total. The Bertz CT molecular complexity index is 138. The topological polar surface area (TPSA) is 32.3 Å². The molecule has 0 aromatic rings. The van der Waals surface area contributed by atoms with Gasteiger partial charge in [0.25, 0.3) is 0 Å². The smallest absolute Gasteiger partial charge is 0.138 e. The third-order valence-electron chi connectivity index (χ3n) is 2.34. The van der Waals surface area contributed by atoms with Crippen LogP contribution in [0.25, 0.3) is 0 Å². The quantitative estimate of drug-likeness (QED) is 0.484. The normalized spacial score (nSPS) is 24.6. The van der Waals surface area contributed by atoms with E-state index < -0.39 is 0 Å². The summed E-state index contributed by atoms with van der Waals surface area (Å²) in [5.41, 5.74) is 0. The van der Waals surface area contributed by atoms with Gasteiger partial charge in [0, 0.05) is 19.8 Å². The zero-order valence-electron chi connectivity index (χ0n) is 7.75. The van der Waals surface area contributed by atoms with Gasteiger partial charge in [-0.15, -0.1) is 0 Å². The number of rotatable bonds is 5. The van der Waals surface area contributed by atoms with Crippen molar-refractivity contribution in [3.05, 3.63) is 0 Å². The summed E-state index contributed by atoms with van der Waals surface area (Å²) in [5.74, 6) is 0. The molecule has 0 aliphatic carbocycles. The number of carbonyl (C=O) groups excluding carboxylic acids is 1. The highest BCUT2D eigenvalue weighted by Crippen LogP contribution is 2.04. The van der Waals surface area contributed by atoms with Gasteiger partial charge in [0.05, 0.1) is 6.04 Å². The van der Waals surface area contributed by atoms with Crippen LogP contribution in [0.2, 0.25) is 0 Å². The molecule has 1 aliphatic rings. The number of hydrogen-bond donors (Lipinski definition) is 1. The lowest BCUT2D eigenvalue weighted by molar-refractivity contribution is -0.111. The van der Waals surface area contributed by atoms with Crippen LogP contribution >= 0.6 is 0 Å². The van der Waals surface area contributed by atoms with E-state index in [4.69, 9.17) is 0 Å². The lowest BCUT2D eigenvalue weighted by Crippen LogP contribution is -2.32. The lowest BCUT2D eigenvalue weighted by atomic mass is 10.2. The van der Waals surface area contributed by atoms with Crippen LogP contribution in [-0.4, -0.2) is 37.0 Å². The van der Waals surface area contributed by atoms with Crippen molar-refractivity contribution in [2.75, 3.05) is 19.8 Å². The zero-order chi connectivity index (χ0) is 8.81. The molecule has 1 fully saturated rings. The summed E-state index contributed by atoms with van der Waals surface area (Å²) < 4.78 is 0. The summed E-state index contributed by atoms with van der Waals surface area (Å²) >= 11 is 0. The van der Waals surface area contributed by atoms with E-state index in [9.17, 15) is 4.79 Å². The molecular weight excluding hydrogens is 152 g/mol. The van der Waals surface area contributed by atoms with Crippen LogP contribution in [0.15, 0.2) is 0 Å². The van der Waals surface area contributed by atoms with Gasteiger partial charge in [0.2, 0.25) is 0 Å². The molecule has 0 aromatic carbocycles. The van der Waals surface area contributed by atoms with E-state index >= 15 is 0 Å². The number of hydrogen-bond acceptors (Lipinski definition) is 3. The molecule has 0 radical (unpaired) electrons. The summed E-state index contributed by atoms with van der Waals surface area (Å²) in [5, 5.41) is 3.19. The maximum atomic E-state index is 10.6. The average molecular weight is 170 g/mol. The standard InChI is InChI=1S/C9H18N2O/c1-2-3-4-5-11-8-10-6-9(11)7-12/h7,9-10H,2-6,8H2,1H3. The highest BCUT2D eigenvalue weighted by molar-refractivity contribution is 5.58. The molecule has 1 rings (SSSR count). The fourth-order valence-corrected chi connectivity index (χ4v) is 1.55.